The summed E-state index contributed by atoms with van der Waals surface area (Å²) in [5.74, 6) is 0. The van der Waals surface area contributed by atoms with E-state index in [4.69, 9.17) is 0 Å². The van der Waals surface area contributed by atoms with Crippen molar-refractivity contribution in [3.63, 3.8) is 0 Å². The van der Waals surface area contributed by atoms with E-state index in [-0.39, 0.29) is 0 Å². The van der Waals surface area contributed by atoms with E-state index >= 15 is 0 Å². The van der Waals surface area contributed by atoms with Gasteiger partial charge in [0.25, 0.3) is 0 Å². The van der Waals surface area contributed by atoms with Crippen LogP contribution in [0.4, 0.5) is 17.1 Å². The third-order valence-corrected chi connectivity index (χ3v) is 3.45. The van der Waals surface area contributed by atoms with E-state index in [1.807, 2.05) is 36.4 Å². The van der Waals surface area contributed by atoms with Crippen molar-refractivity contribution in [3.8, 4) is 0 Å². The monoisotopic (exact) mass is 251 g/mol. The quantitative estimate of drug-likeness (QED) is 0.723. The van der Waals surface area contributed by atoms with Crippen molar-refractivity contribution in [2.24, 2.45) is 10.2 Å². The second kappa shape index (κ2) is 5.22. The van der Waals surface area contributed by atoms with Crippen LogP contribution in [-0.4, -0.2) is 13.6 Å². The highest BCUT2D eigenvalue weighted by Crippen LogP contribution is 2.30. The summed E-state index contributed by atoms with van der Waals surface area (Å²) in [6, 6.07) is 16.2. The second-order valence-electron chi connectivity index (χ2n) is 4.87. The van der Waals surface area contributed by atoms with Gasteiger partial charge in [0.2, 0.25) is 0 Å². The van der Waals surface area contributed by atoms with E-state index in [0.717, 1.165) is 24.3 Å². The number of anilines is 1. The fourth-order valence-corrected chi connectivity index (χ4v) is 2.44. The lowest BCUT2D eigenvalue weighted by Crippen LogP contribution is -2.24. The lowest BCUT2D eigenvalue weighted by molar-refractivity contribution is 0.744. The number of hydrogen-bond donors (Lipinski definition) is 0. The van der Waals surface area contributed by atoms with E-state index in [2.05, 4.69) is 34.3 Å². The molecule has 19 heavy (non-hydrogen) atoms. The maximum Gasteiger partial charge on any atom is 0.0861 e. The minimum absolute atomic E-state index is 0.886. The molecular weight excluding hydrogens is 234 g/mol. The molecule has 3 rings (SSSR count). The molecule has 0 aliphatic carbocycles. The Bertz CT molecular complexity index is 590. The largest absolute Gasteiger partial charge is 0.374 e. The lowest BCUT2D eigenvalue weighted by atomic mass is 10.0. The second-order valence-corrected chi connectivity index (χ2v) is 4.87. The van der Waals surface area contributed by atoms with Crippen LogP contribution in [0.15, 0.2) is 58.8 Å². The SMILES string of the molecule is CN1CCCc2cc(N=Nc3ccccc3)ccc21. The zero-order valence-electron chi connectivity index (χ0n) is 11.1. The Kier molecular flexibility index (Phi) is 3.27. The van der Waals surface area contributed by atoms with Gasteiger partial charge in [-0.1, -0.05) is 18.2 Å². The zero-order valence-corrected chi connectivity index (χ0v) is 11.1. The zero-order chi connectivity index (χ0) is 13.1. The molecule has 1 heterocycles. The van der Waals surface area contributed by atoms with E-state index in [0.29, 0.717) is 0 Å². The summed E-state index contributed by atoms with van der Waals surface area (Å²) in [6.07, 6.45) is 2.34. The molecule has 0 spiro atoms. The topological polar surface area (TPSA) is 28.0 Å². The Labute approximate surface area is 113 Å². The number of benzene rings is 2. The lowest BCUT2D eigenvalue weighted by Gasteiger charge is -2.27. The Hall–Kier alpha value is -2.16. The highest BCUT2D eigenvalue weighted by atomic mass is 15.1. The first kappa shape index (κ1) is 11.9. The Morgan fingerprint density at radius 3 is 2.58 bits per heavy atom. The van der Waals surface area contributed by atoms with Crippen molar-refractivity contribution >= 4 is 17.1 Å². The molecule has 3 nitrogen and oxygen atoms in total. The van der Waals surface area contributed by atoms with Gasteiger partial charge >= 0.3 is 0 Å². The van der Waals surface area contributed by atoms with E-state index in [1.165, 1.54) is 17.7 Å². The molecule has 1 aliphatic heterocycles. The Morgan fingerprint density at radius 1 is 0.947 bits per heavy atom. The van der Waals surface area contributed by atoms with Crippen LogP contribution in [0, 0.1) is 0 Å². The molecule has 0 aromatic heterocycles. The molecule has 0 radical (unpaired) electrons. The van der Waals surface area contributed by atoms with Crippen molar-refractivity contribution in [1.29, 1.82) is 0 Å². The average Bonchev–Trinajstić information content (AvgIpc) is 2.46. The molecule has 96 valence electrons. The molecule has 0 atom stereocenters. The first-order valence-corrected chi connectivity index (χ1v) is 6.64. The van der Waals surface area contributed by atoms with Gasteiger partial charge in [-0.3, -0.25) is 0 Å². The van der Waals surface area contributed by atoms with Gasteiger partial charge in [-0.25, -0.2) is 0 Å². The van der Waals surface area contributed by atoms with Crippen molar-refractivity contribution in [2.45, 2.75) is 12.8 Å². The molecule has 0 bridgehead atoms. The maximum absolute atomic E-state index is 4.32. The van der Waals surface area contributed by atoms with Gasteiger partial charge in [0.15, 0.2) is 0 Å². The predicted octanol–water partition coefficient (Wildman–Crippen LogP) is 4.48. The van der Waals surface area contributed by atoms with Crippen LogP contribution in [0.3, 0.4) is 0 Å². The van der Waals surface area contributed by atoms with Gasteiger partial charge in [-0.2, -0.15) is 10.2 Å². The van der Waals surface area contributed by atoms with E-state index < -0.39 is 0 Å². The number of hydrogen-bond acceptors (Lipinski definition) is 3. The summed E-state index contributed by atoms with van der Waals surface area (Å²) in [6.45, 7) is 1.14. The molecule has 1 aliphatic rings. The molecule has 0 saturated heterocycles. The first-order valence-electron chi connectivity index (χ1n) is 6.64. The molecule has 0 amide bonds. The van der Waals surface area contributed by atoms with Gasteiger partial charge in [-0.15, -0.1) is 0 Å². The van der Waals surface area contributed by atoms with Gasteiger partial charge in [0.1, 0.15) is 0 Å². The molecule has 0 fully saturated rings. The maximum atomic E-state index is 4.32. The molecule has 2 aromatic rings. The molecule has 0 unspecified atom stereocenters. The summed E-state index contributed by atoms with van der Waals surface area (Å²) in [5, 5.41) is 8.57. The first-order chi connectivity index (χ1) is 9.33. The Balaban J connectivity index is 1.85. The predicted molar refractivity (Wildman–Crippen MR) is 78.7 cm³/mol. The van der Waals surface area contributed by atoms with Crippen LogP contribution < -0.4 is 4.90 Å². The minimum Gasteiger partial charge on any atom is -0.374 e. The number of rotatable bonds is 2. The fourth-order valence-electron chi connectivity index (χ4n) is 2.44. The van der Waals surface area contributed by atoms with Crippen LogP contribution in [-0.2, 0) is 6.42 Å². The van der Waals surface area contributed by atoms with Crippen molar-refractivity contribution in [2.75, 3.05) is 18.5 Å². The minimum atomic E-state index is 0.886. The molecule has 0 saturated carbocycles. The number of aryl methyl sites for hydroxylation is 1. The molecule has 2 aromatic carbocycles. The Morgan fingerprint density at radius 2 is 1.74 bits per heavy atom. The molecule has 0 N–H and O–H groups in total. The summed E-state index contributed by atoms with van der Waals surface area (Å²) in [7, 11) is 2.14. The van der Waals surface area contributed by atoms with Gasteiger partial charge < -0.3 is 4.90 Å². The van der Waals surface area contributed by atoms with Gasteiger partial charge in [-0.05, 0) is 48.7 Å². The van der Waals surface area contributed by atoms with Crippen molar-refractivity contribution < 1.29 is 0 Å². The van der Waals surface area contributed by atoms with Gasteiger partial charge in [0, 0.05) is 19.3 Å². The highest BCUT2D eigenvalue weighted by molar-refractivity contribution is 5.60. The highest BCUT2D eigenvalue weighted by Gasteiger charge is 2.13. The van der Waals surface area contributed by atoms with Crippen LogP contribution in [0.25, 0.3) is 0 Å². The van der Waals surface area contributed by atoms with Crippen molar-refractivity contribution in [1.82, 2.24) is 0 Å². The van der Waals surface area contributed by atoms with Gasteiger partial charge in [0.05, 0.1) is 11.4 Å². The smallest absolute Gasteiger partial charge is 0.0861 e. The van der Waals surface area contributed by atoms with Crippen molar-refractivity contribution in [3.05, 3.63) is 54.1 Å². The standard InChI is InChI=1S/C16H17N3/c1-19-11-5-6-13-12-15(9-10-16(13)19)18-17-14-7-3-2-4-8-14/h2-4,7-10,12H,5-6,11H2,1H3. The summed E-state index contributed by atoms with van der Waals surface area (Å²) in [5.41, 5.74) is 4.51. The van der Waals surface area contributed by atoms with E-state index in [1.54, 1.807) is 0 Å². The van der Waals surface area contributed by atoms with Crippen LogP contribution in [0.1, 0.15) is 12.0 Å². The molecule has 3 heteroatoms. The summed E-state index contributed by atoms with van der Waals surface area (Å²) >= 11 is 0. The number of nitrogens with zero attached hydrogens (tertiary/aromatic N) is 3. The van der Waals surface area contributed by atoms with Crippen LogP contribution >= 0.6 is 0 Å². The number of azo groups is 1. The summed E-state index contributed by atoms with van der Waals surface area (Å²) in [4.78, 5) is 2.30. The number of fused-ring (bicyclic) bond motifs is 1. The van der Waals surface area contributed by atoms with E-state index in [9.17, 15) is 0 Å². The third-order valence-electron chi connectivity index (χ3n) is 3.45. The average molecular weight is 251 g/mol. The van der Waals surface area contributed by atoms with Crippen LogP contribution in [0.2, 0.25) is 0 Å². The fraction of sp³-hybridized carbons (Fsp3) is 0.250. The third kappa shape index (κ3) is 2.65. The summed E-state index contributed by atoms with van der Waals surface area (Å²) < 4.78 is 0. The van der Waals surface area contributed by atoms with Crippen LogP contribution in [0.5, 0.6) is 0 Å². The normalized spacial score (nSPS) is 14.7. The molecular formula is C16H17N3.